The zero-order valence-electron chi connectivity index (χ0n) is 18.7. The Kier molecular flexibility index (Phi) is 6.64. The van der Waals surface area contributed by atoms with Crippen molar-refractivity contribution in [1.29, 1.82) is 0 Å². The van der Waals surface area contributed by atoms with Crippen molar-refractivity contribution >= 4 is 39.1 Å². The molecular weight excluding hydrogens is 456 g/mol. The monoisotopic (exact) mass is 482 g/mol. The minimum atomic E-state index is -0.450. The summed E-state index contributed by atoms with van der Waals surface area (Å²) in [5.41, 5.74) is 1.55. The molecule has 1 saturated heterocycles. The lowest BCUT2D eigenvalue weighted by molar-refractivity contribution is -0.118. The van der Waals surface area contributed by atoms with E-state index in [0.717, 1.165) is 61.0 Å². The summed E-state index contributed by atoms with van der Waals surface area (Å²) in [7, 11) is 0. The molecule has 3 aromatic rings. The van der Waals surface area contributed by atoms with Crippen LogP contribution in [0.1, 0.15) is 46.5 Å². The van der Waals surface area contributed by atoms with Crippen molar-refractivity contribution < 1.29 is 23.5 Å². The molecule has 3 heterocycles. The molecule has 1 fully saturated rings. The molecule has 8 nitrogen and oxygen atoms in total. The summed E-state index contributed by atoms with van der Waals surface area (Å²) < 4.78 is 16.4. The van der Waals surface area contributed by atoms with Gasteiger partial charge in [0, 0.05) is 35.5 Å². The number of hydrogen-bond donors (Lipinski definition) is 2. The SMILES string of the molecule is O=C(COc1ccc2ccc(=O)oc2c1)Nc1sc2c(c1C(=O)NCC1CCCO1)CCCC2. The van der Waals surface area contributed by atoms with Crippen molar-refractivity contribution in [3.63, 3.8) is 0 Å². The van der Waals surface area contributed by atoms with Crippen LogP contribution < -0.4 is 21.0 Å². The molecule has 1 aliphatic carbocycles. The Morgan fingerprint density at radius 1 is 1.12 bits per heavy atom. The van der Waals surface area contributed by atoms with E-state index < -0.39 is 5.63 Å². The van der Waals surface area contributed by atoms with Gasteiger partial charge in [-0.3, -0.25) is 9.59 Å². The molecule has 9 heteroatoms. The Labute approximate surface area is 200 Å². The molecule has 2 aromatic heterocycles. The van der Waals surface area contributed by atoms with Crippen LogP contribution in [0.5, 0.6) is 5.75 Å². The highest BCUT2D eigenvalue weighted by atomic mass is 32.1. The molecule has 2 N–H and O–H groups in total. The van der Waals surface area contributed by atoms with Gasteiger partial charge in [0.1, 0.15) is 16.3 Å². The molecule has 34 heavy (non-hydrogen) atoms. The van der Waals surface area contributed by atoms with E-state index in [9.17, 15) is 14.4 Å². The molecule has 0 bridgehead atoms. The quantitative estimate of drug-likeness (QED) is 0.498. The third-order valence-corrected chi connectivity index (χ3v) is 7.34. The topological polar surface area (TPSA) is 107 Å². The van der Waals surface area contributed by atoms with Gasteiger partial charge in [-0.05, 0) is 62.3 Å². The Morgan fingerprint density at radius 2 is 1.97 bits per heavy atom. The first-order chi connectivity index (χ1) is 16.6. The van der Waals surface area contributed by atoms with Gasteiger partial charge >= 0.3 is 5.63 Å². The van der Waals surface area contributed by atoms with Crippen molar-refractivity contribution in [2.24, 2.45) is 0 Å². The maximum atomic E-state index is 13.1. The lowest BCUT2D eigenvalue weighted by Crippen LogP contribution is -2.33. The lowest BCUT2D eigenvalue weighted by Gasteiger charge is -2.15. The van der Waals surface area contributed by atoms with Crippen LogP contribution in [0.4, 0.5) is 5.00 Å². The van der Waals surface area contributed by atoms with Crippen molar-refractivity contribution in [1.82, 2.24) is 5.32 Å². The van der Waals surface area contributed by atoms with Gasteiger partial charge in [0.15, 0.2) is 6.61 Å². The molecule has 1 aromatic carbocycles. The van der Waals surface area contributed by atoms with Crippen molar-refractivity contribution in [2.45, 2.75) is 44.6 Å². The summed E-state index contributed by atoms with van der Waals surface area (Å²) in [6.45, 7) is 0.971. The number of benzene rings is 1. The second-order valence-corrected chi connectivity index (χ2v) is 9.66. The molecule has 178 valence electrons. The number of amides is 2. The Hall–Kier alpha value is -3.17. The van der Waals surface area contributed by atoms with Gasteiger partial charge in [0.05, 0.1) is 11.7 Å². The van der Waals surface area contributed by atoms with Crippen molar-refractivity contribution in [3.8, 4) is 5.75 Å². The van der Waals surface area contributed by atoms with Crippen LogP contribution in [0, 0.1) is 0 Å². The van der Waals surface area contributed by atoms with Gasteiger partial charge < -0.3 is 24.5 Å². The maximum Gasteiger partial charge on any atom is 0.336 e. The smallest absolute Gasteiger partial charge is 0.336 e. The predicted molar refractivity (Wildman–Crippen MR) is 129 cm³/mol. The fraction of sp³-hybridized carbons (Fsp3) is 0.400. The van der Waals surface area contributed by atoms with Crippen LogP contribution >= 0.6 is 11.3 Å². The first-order valence-corrected chi connectivity index (χ1v) is 12.4. The van der Waals surface area contributed by atoms with Gasteiger partial charge in [-0.2, -0.15) is 0 Å². The minimum absolute atomic E-state index is 0.0521. The Balaban J connectivity index is 1.27. The fourth-order valence-corrected chi connectivity index (χ4v) is 5.74. The van der Waals surface area contributed by atoms with Gasteiger partial charge in [-0.15, -0.1) is 11.3 Å². The van der Waals surface area contributed by atoms with E-state index in [4.69, 9.17) is 13.9 Å². The first-order valence-electron chi connectivity index (χ1n) is 11.6. The third-order valence-electron chi connectivity index (χ3n) is 6.13. The number of ether oxygens (including phenoxy) is 2. The number of rotatable bonds is 7. The van der Waals surface area contributed by atoms with Gasteiger partial charge in [-0.1, -0.05) is 0 Å². The highest BCUT2D eigenvalue weighted by Gasteiger charge is 2.27. The number of nitrogens with one attached hydrogen (secondary N) is 2. The van der Waals surface area contributed by atoms with Crippen LogP contribution in [0.15, 0.2) is 39.5 Å². The van der Waals surface area contributed by atoms with E-state index in [2.05, 4.69) is 10.6 Å². The molecule has 0 saturated carbocycles. The predicted octanol–water partition coefficient (Wildman–Crippen LogP) is 3.66. The van der Waals surface area contributed by atoms with E-state index in [1.54, 1.807) is 24.3 Å². The maximum absolute atomic E-state index is 13.1. The third kappa shape index (κ3) is 5.00. The Bertz CT molecular complexity index is 1270. The molecule has 0 spiro atoms. The van der Waals surface area contributed by atoms with Crippen LogP contribution in [-0.2, 0) is 22.4 Å². The summed E-state index contributed by atoms with van der Waals surface area (Å²) in [6.07, 6.45) is 5.88. The average Bonchev–Trinajstić information content (AvgIpc) is 3.48. The molecule has 2 amide bonds. The summed E-state index contributed by atoms with van der Waals surface area (Å²) in [4.78, 5) is 38.4. The van der Waals surface area contributed by atoms with E-state index in [-0.39, 0.29) is 24.5 Å². The van der Waals surface area contributed by atoms with Crippen LogP contribution in [0.25, 0.3) is 11.0 Å². The standard InChI is InChI=1S/C25H26N2O6S/c28-21(14-32-16-9-7-15-8-10-22(29)33-19(15)12-16)27-25-23(18-5-1-2-6-20(18)34-25)24(30)26-13-17-4-3-11-31-17/h7-10,12,17H,1-6,11,13-14H2,(H,26,30)(H,27,28). The van der Waals surface area contributed by atoms with Crippen LogP contribution in [0.3, 0.4) is 0 Å². The molecule has 2 aliphatic rings. The van der Waals surface area contributed by atoms with E-state index >= 15 is 0 Å². The van der Waals surface area contributed by atoms with Crippen LogP contribution in [0.2, 0.25) is 0 Å². The number of hydrogen-bond acceptors (Lipinski definition) is 7. The van der Waals surface area contributed by atoms with Crippen LogP contribution in [-0.4, -0.2) is 37.7 Å². The summed E-state index contributed by atoms with van der Waals surface area (Å²) in [5.74, 6) is -0.117. The number of thiophene rings is 1. The zero-order valence-corrected chi connectivity index (χ0v) is 19.5. The first kappa shape index (κ1) is 22.6. The number of carbonyl (C=O) groups is 2. The number of aryl methyl sites for hydroxylation is 1. The molecular formula is C25H26N2O6S. The lowest BCUT2D eigenvalue weighted by atomic mass is 9.95. The number of anilines is 1. The van der Waals surface area contributed by atoms with E-state index in [1.165, 1.54) is 17.4 Å². The van der Waals surface area contributed by atoms with Gasteiger partial charge in [0.25, 0.3) is 11.8 Å². The minimum Gasteiger partial charge on any atom is -0.484 e. The largest absolute Gasteiger partial charge is 0.484 e. The highest BCUT2D eigenvalue weighted by molar-refractivity contribution is 7.17. The molecule has 1 aliphatic heterocycles. The van der Waals surface area contributed by atoms with Crippen molar-refractivity contribution in [3.05, 3.63) is 56.8 Å². The molecule has 1 unspecified atom stereocenters. The molecule has 0 radical (unpaired) electrons. The fourth-order valence-electron chi connectivity index (χ4n) is 4.44. The number of carbonyl (C=O) groups excluding carboxylic acids is 2. The second-order valence-electron chi connectivity index (χ2n) is 8.55. The van der Waals surface area contributed by atoms with E-state index in [1.807, 2.05) is 0 Å². The number of fused-ring (bicyclic) bond motifs is 2. The molecule has 1 atom stereocenters. The highest BCUT2D eigenvalue weighted by Crippen LogP contribution is 2.38. The summed E-state index contributed by atoms with van der Waals surface area (Å²) >= 11 is 1.47. The normalized spacial score (nSPS) is 17.4. The van der Waals surface area contributed by atoms with E-state index in [0.29, 0.717) is 28.4 Å². The zero-order chi connectivity index (χ0) is 23.5. The Morgan fingerprint density at radius 3 is 2.82 bits per heavy atom. The van der Waals surface area contributed by atoms with Gasteiger partial charge in [0.2, 0.25) is 0 Å². The molecule has 5 rings (SSSR count). The van der Waals surface area contributed by atoms with Gasteiger partial charge in [-0.25, -0.2) is 4.79 Å². The summed E-state index contributed by atoms with van der Waals surface area (Å²) in [5, 5.41) is 7.20. The average molecular weight is 483 g/mol. The summed E-state index contributed by atoms with van der Waals surface area (Å²) in [6, 6.07) is 8.07. The van der Waals surface area contributed by atoms with Crippen molar-refractivity contribution in [2.75, 3.05) is 25.1 Å². The second kappa shape index (κ2) is 9.99.